The molecule has 0 aliphatic rings. The van der Waals surface area contributed by atoms with Gasteiger partial charge in [-0.2, -0.15) is 0 Å². The fraction of sp³-hybridized carbons (Fsp3) is 0.222. The highest BCUT2D eigenvalue weighted by Crippen LogP contribution is 2.16. The highest BCUT2D eigenvalue weighted by atomic mass is 35.5. The third-order valence-electron chi connectivity index (χ3n) is 1.78. The van der Waals surface area contributed by atoms with E-state index in [1.165, 1.54) is 12.1 Å². The first-order valence-corrected chi connectivity index (χ1v) is 3.96. The van der Waals surface area contributed by atoms with Gasteiger partial charge in [-0.3, -0.25) is 4.79 Å². The molecule has 0 amide bonds. The summed E-state index contributed by atoms with van der Waals surface area (Å²) >= 11 is 0. The molecule has 1 aromatic rings. The van der Waals surface area contributed by atoms with E-state index in [9.17, 15) is 9.18 Å². The Kier molecular flexibility index (Phi) is 5.04. The summed E-state index contributed by atoms with van der Waals surface area (Å²) in [5, 5.41) is 17.4. The van der Waals surface area contributed by atoms with Crippen molar-refractivity contribution in [2.75, 3.05) is 0 Å². The molecule has 0 saturated carbocycles. The lowest BCUT2D eigenvalue weighted by Gasteiger charge is -2.06. The van der Waals surface area contributed by atoms with Crippen molar-refractivity contribution in [1.29, 1.82) is 0 Å². The molecule has 0 aromatic heterocycles. The van der Waals surface area contributed by atoms with E-state index >= 15 is 0 Å². The molecule has 1 atom stereocenters. The second kappa shape index (κ2) is 5.53. The zero-order valence-corrected chi connectivity index (χ0v) is 8.50. The second-order valence-electron chi connectivity index (χ2n) is 2.93. The summed E-state index contributed by atoms with van der Waals surface area (Å²) in [6.45, 7) is 0. The smallest absolute Gasteiger partial charge is 0.320 e. The van der Waals surface area contributed by atoms with Gasteiger partial charge in [0.25, 0.3) is 0 Å². The van der Waals surface area contributed by atoms with Gasteiger partial charge in [0.05, 0.1) is 0 Å². The number of carbonyl (C=O) groups is 1. The number of halogens is 2. The highest BCUT2D eigenvalue weighted by molar-refractivity contribution is 5.85. The van der Waals surface area contributed by atoms with Crippen molar-refractivity contribution in [2.45, 2.75) is 12.5 Å². The molecule has 1 aromatic carbocycles. The third-order valence-corrected chi connectivity index (χ3v) is 1.78. The van der Waals surface area contributed by atoms with Crippen LogP contribution in [0.3, 0.4) is 0 Å². The summed E-state index contributed by atoms with van der Waals surface area (Å²) < 4.78 is 12.8. The summed E-state index contributed by atoms with van der Waals surface area (Å²) in [6.07, 6.45) is 0.0343. The van der Waals surface area contributed by atoms with Gasteiger partial charge in [0.2, 0.25) is 0 Å². The lowest BCUT2D eigenvalue weighted by atomic mass is 10.1. The highest BCUT2D eigenvalue weighted by Gasteiger charge is 2.12. The van der Waals surface area contributed by atoms with Gasteiger partial charge in [-0.1, -0.05) is 6.07 Å². The van der Waals surface area contributed by atoms with Crippen LogP contribution < -0.4 is 5.73 Å². The average molecular weight is 236 g/mol. The third kappa shape index (κ3) is 3.73. The maximum atomic E-state index is 12.8. The normalized spacial score (nSPS) is 11.6. The Bertz CT molecular complexity index is 359. The van der Waals surface area contributed by atoms with Crippen molar-refractivity contribution in [2.24, 2.45) is 5.73 Å². The van der Waals surface area contributed by atoms with Crippen LogP contribution in [0.25, 0.3) is 0 Å². The number of rotatable bonds is 3. The van der Waals surface area contributed by atoms with Crippen LogP contribution in [0.1, 0.15) is 5.56 Å². The maximum Gasteiger partial charge on any atom is 0.320 e. The van der Waals surface area contributed by atoms with E-state index in [1.54, 1.807) is 0 Å². The van der Waals surface area contributed by atoms with E-state index < -0.39 is 23.6 Å². The van der Waals surface area contributed by atoms with Crippen LogP contribution in [0.4, 0.5) is 4.39 Å². The molecule has 1 rings (SSSR count). The Hall–Kier alpha value is -1.33. The number of carboxylic acid groups (broad SMARTS) is 1. The largest absolute Gasteiger partial charge is 0.505 e. The monoisotopic (exact) mass is 235 g/mol. The summed E-state index contributed by atoms with van der Waals surface area (Å²) in [7, 11) is 0. The quantitative estimate of drug-likeness (QED) is 0.727. The molecule has 0 spiro atoms. The van der Waals surface area contributed by atoms with Crippen LogP contribution in [-0.2, 0) is 11.2 Å². The number of hydrogen-bond acceptors (Lipinski definition) is 3. The molecule has 84 valence electrons. The molecule has 0 aliphatic carbocycles. The summed E-state index contributed by atoms with van der Waals surface area (Å²) in [4.78, 5) is 10.4. The predicted octanol–water partition coefficient (Wildman–Crippen LogP) is 0.908. The Morgan fingerprint density at radius 3 is 2.60 bits per heavy atom. The van der Waals surface area contributed by atoms with E-state index in [0.717, 1.165) is 6.07 Å². The molecule has 0 fully saturated rings. The first-order chi connectivity index (χ1) is 6.50. The number of aromatic hydroxyl groups is 1. The van der Waals surface area contributed by atoms with Crippen LogP contribution >= 0.6 is 12.4 Å². The van der Waals surface area contributed by atoms with Crippen molar-refractivity contribution in [1.82, 2.24) is 0 Å². The zero-order chi connectivity index (χ0) is 10.7. The van der Waals surface area contributed by atoms with Crippen LogP contribution in [0.15, 0.2) is 18.2 Å². The molecule has 4 nitrogen and oxygen atoms in total. The standard InChI is InChI=1S/C9H10FNO3.ClH/c10-6-3-5(1-2-8(6)12)4-7(11)9(13)14;/h1-3,7,12H,4,11H2,(H,13,14);1H. The predicted molar refractivity (Wildman–Crippen MR) is 54.6 cm³/mol. The minimum absolute atomic E-state index is 0. The summed E-state index contributed by atoms with van der Waals surface area (Å²) in [6, 6.07) is 2.61. The average Bonchev–Trinajstić information content (AvgIpc) is 2.11. The molecule has 0 heterocycles. The number of phenolic OH excluding ortho intramolecular Hbond substituents is 1. The van der Waals surface area contributed by atoms with Crippen LogP contribution in [0, 0.1) is 5.82 Å². The van der Waals surface area contributed by atoms with Crippen molar-refractivity contribution < 1.29 is 19.4 Å². The van der Waals surface area contributed by atoms with Crippen LogP contribution in [0.5, 0.6) is 5.75 Å². The Balaban J connectivity index is 0.00000196. The van der Waals surface area contributed by atoms with E-state index in [4.69, 9.17) is 15.9 Å². The molecule has 15 heavy (non-hydrogen) atoms. The van der Waals surface area contributed by atoms with Gasteiger partial charge in [-0.15, -0.1) is 12.4 Å². The fourth-order valence-electron chi connectivity index (χ4n) is 1.02. The first kappa shape index (κ1) is 13.7. The SMILES string of the molecule is Cl.NC(Cc1ccc(O)c(F)c1)C(=O)O. The second-order valence-corrected chi connectivity index (χ2v) is 2.93. The molecule has 0 bridgehead atoms. The molecular weight excluding hydrogens is 225 g/mol. The number of carboxylic acids is 1. The number of hydrogen-bond donors (Lipinski definition) is 3. The minimum atomic E-state index is -1.14. The number of phenols is 1. The molecule has 6 heteroatoms. The minimum Gasteiger partial charge on any atom is -0.505 e. The lowest BCUT2D eigenvalue weighted by molar-refractivity contribution is -0.138. The molecule has 1 unspecified atom stereocenters. The van der Waals surface area contributed by atoms with Gasteiger partial charge in [0.15, 0.2) is 11.6 Å². The van der Waals surface area contributed by atoms with Gasteiger partial charge in [-0.05, 0) is 24.1 Å². The Morgan fingerprint density at radius 2 is 2.13 bits per heavy atom. The van der Waals surface area contributed by atoms with Crippen molar-refractivity contribution in [3.05, 3.63) is 29.6 Å². The molecular formula is C9H11ClFNO3. The number of benzene rings is 1. The van der Waals surface area contributed by atoms with Crippen molar-refractivity contribution >= 4 is 18.4 Å². The zero-order valence-electron chi connectivity index (χ0n) is 7.68. The van der Waals surface area contributed by atoms with Crippen LogP contribution in [-0.4, -0.2) is 22.2 Å². The van der Waals surface area contributed by atoms with E-state index in [2.05, 4.69) is 0 Å². The van der Waals surface area contributed by atoms with Crippen LogP contribution in [0.2, 0.25) is 0 Å². The van der Waals surface area contributed by atoms with Gasteiger partial charge >= 0.3 is 5.97 Å². The van der Waals surface area contributed by atoms with E-state index in [1.807, 2.05) is 0 Å². The Labute approximate surface area is 91.9 Å². The maximum absolute atomic E-state index is 12.8. The van der Waals surface area contributed by atoms with Gasteiger partial charge < -0.3 is 15.9 Å². The fourth-order valence-corrected chi connectivity index (χ4v) is 1.02. The number of nitrogens with two attached hydrogens (primary N) is 1. The number of aliphatic carboxylic acids is 1. The van der Waals surface area contributed by atoms with Gasteiger partial charge in [-0.25, -0.2) is 4.39 Å². The molecule has 0 radical (unpaired) electrons. The summed E-state index contributed by atoms with van der Waals surface area (Å²) in [5.41, 5.74) is 5.69. The Morgan fingerprint density at radius 1 is 1.53 bits per heavy atom. The van der Waals surface area contributed by atoms with Crippen molar-refractivity contribution in [3.63, 3.8) is 0 Å². The topological polar surface area (TPSA) is 83.5 Å². The van der Waals surface area contributed by atoms with Crippen molar-refractivity contribution in [3.8, 4) is 5.75 Å². The first-order valence-electron chi connectivity index (χ1n) is 3.96. The van der Waals surface area contributed by atoms with Gasteiger partial charge in [0, 0.05) is 0 Å². The lowest BCUT2D eigenvalue weighted by Crippen LogP contribution is -2.32. The summed E-state index contributed by atoms with van der Waals surface area (Å²) in [5.74, 6) is -2.38. The molecule has 0 saturated heterocycles. The van der Waals surface area contributed by atoms with E-state index in [-0.39, 0.29) is 18.8 Å². The molecule has 0 aliphatic heterocycles. The van der Waals surface area contributed by atoms with E-state index in [0.29, 0.717) is 5.56 Å². The van der Waals surface area contributed by atoms with Gasteiger partial charge in [0.1, 0.15) is 6.04 Å². The molecule has 4 N–H and O–H groups in total.